The summed E-state index contributed by atoms with van der Waals surface area (Å²) in [6.07, 6.45) is -7.15. The van der Waals surface area contributed by atoms with Crippen molar-refractivity contribution in [2.24, 2.45) is 29.6 Å². The van der Waals surface area contributed by atoms with E-state index in [-0.39, 0.29) is 11.8 Å². The fraction of sp³-hybridized carbons (Fsp3) is 0.938. The topological polar surface area (TPSA) is 55.8 Å². The summed E-state index contributed by atoms with van der Waals surface area (Å²) in [7, 11) is 0. The number of rotatable bonds is 3. The Hall–Kier alpha value is -0.960. The van der Waals surface area contributed by atoms with E-state index < -0.39 is 43.0 Å². The van der Waals surface area contributed by atoms with Gasteiger partial charge in [-0.05, 0) is 36.5 Å². The molecule has 3 aliphatic rings. The van der Waals surface area contributed by atoms with Gasteiger partial charge in [0.1, 0.15) is 12.7 Å². The molecule has 25 heavy (non-hydrogen) atoms. The van der Waals surface area contributed by atoms with E-state index >= 15 is 0 Å². The normalized spacial score (nSPS) is 45.8. The first-order chi connectivity index (χ1) is 11.4. The molecular weight excluding hydrogens is 351 g/mol. The molecular formula is C16H21F5O4. The lowest BCUT2D eigenvalue weighted by atomic mass is 9.76. The van der Waals surface area contributed by atoms with Gasteiger partial charge >= 0.3 is 23.9 Å². The van der Waals surface area contributed by atoms with Crippen LogP contribution in [0.15, 0.2) is 0 Å². The van der Waals surface area contributed by atoms with Gasteiger partial charge in [-0.2, -0.15) is 13.2 Å². The first-order valence-electron chi connectivity index (χ1n) is 8.39. The maximum atomic E-state index is 13.5. The molecule has 0 aromatic carbocycles. The number of carbonyl (C=O) groups is 1. The summed E-state index contributed by atoms with van der Waals surface area (Å²) in [5.41, 5.74) is 0. The van der Waals surface area contributed by atoms with Crippen molar-refractivity contribution in [3.63, 3.8) is 0 Å². The summed E-state index contributed by atoms with van der Waals surface area (Å²) in [5.74, 6) is -8.55. The Morgan fingerprint density at radius 1 is 1.24 bits per heavy atom. The average Bonchev–Trinajstić information content (AvgIpc) is 3.10. The highest BCUT2D eigenvalue weighted by Gasteiger charge is 2.75. The van der Waals surface area contributed by atoms with Crippen LogP contribution in [0.2, 0.25) is 0 Å². The lowest BCUT2D eigenvalue weighted by Gasteiger charge is -2.31. The van der Waals surface area contributed by atoms with Crippen molar-refractivity contribution in [3.05, 3.63) is 0 Å². The van der Waals surface area contributed by atoms with Crippen LogP contribution in [0.25, 0.3) is 0 Å². The lowest BCUT2D eigenvalue weighted by molar-refractivity contribution is -0.407. The summed E-state index contributed by atoms with van der Waals surface area (Å²) in [5, 5.41) is 9.21. The number of hydrogen-bond donors (Lipinski definition) is 1. The fourth-order valence-electron chi connectivity index (χ4n) is 4.65. The second kappa shape index (κ2) is 5.77. The molecule has 1 N–H and O–H groups in total. The third-order valence-electron chi connectivity index (χ3n) is 6.31. The van der Waals surface area contributed by atoms with Gasteiger partial charge in [-0.15, -0.1) is 0 Å². The number of carbonyl (C=O) groups excluding carboxylic acids is 1. The molecule has 0 amide bonds. The van der Waals surface area contributed by atoms with Crippen LogP contribution in [-0.4, -0.2) is 41.7 Å². The van der Waals surface area contributed by atoms with Gasteiger partial charge in [0.05, 0.1) is 5.92 Å². The molecule has 7 atom stereocenters. The van der Waals surface area contributed by atoms with E-state index in [1.54, 1.807) is 0 Å². The zero-order valence-electron chi connectivity index (χ0n) is 13.9. The first kappa shape index (κ1) is 18.8. The number of fused-ring (bicyclic) bond motifs is 2. The third-order valence-corrected chi connectivity index (χ3v) is 6.31. The van der Waals surface area contributed by atoms with Crippen LogP contribution in [-0.2, 0) is 14.3 Å². The molecule has 1 heterocycles. The predicted molar refractivity (Wildman–Crippen MR) is 74.4 cm³/mol. The minimum absolute atomic E-state index is 0.158. The fourth-order valence-corrected chi connectivity index (χ4v) is 4.65. The Morgan fingerprint density at radius 3 is 2.36 bits per heavy atom. The smallest absolute Gasteiger partial charge is 0.449 e. The zero-order chi connectivity index (χ0) is 18.8. The molecule has 0 aromatic heterocycles. The predicted octanol–water partition coefficient (Wildman–Crippen LogP) is 3.13. The van der Waals surface area contributed by atoms with E-state index in [1.807, 2.05) is 0 Å². The maximum absolute atomic E-state index is 13.5. The molecule has 7 unspecified atom stereocenters. The van der Waals surface area contributed by atoms with Gasteiger partial charge < -0.3 is 14.6 Å². The molecule has 3 rings (SSSR count). The molecule has 4 nitrogen and oxygen atoms in total. The van der Waals surface area contributed by atoms with Crippen molar-refractivity contribution in [1.29, 1.82) is 0 Å². The second-order valence-electron chi connectivity index (χ2n) is 7.64. The van der Waals surface area contributed by atoms with Crippen LogP contribution in [0, 0.1) is 29.6 Å². The first-order valence-corrected chi connectivity index (χ1v) is 8.39. The summed E-state index contributed by atoms with van der Waals surface area (Å²) >= 11 is 0. The van der Waals surface area contributed by atoms with Gasteiger partial charge in [0, 0.05) is 6.42 Å². The van der Waals surface area contributed by atoms with E-state index in [2.05, 4.69) is 18.6 Å². The molecule has 144 valence electrons. The number of esters is 1. The number of aliphatic hydroxyl groups is 1. The number of hydrogen-bond acceptors (Lipinski definition) is 4. The molecule has 1 saturated heterocycles. The third kappa shape index (κ3) is 2.83. The second-order valence-corrected chi connectivity index (χ2v) is 7.64. The Kier molecular flexibility index (Phi) is 4.34. The average molecular weight is 372 g/mol. The van der Waals surface area contributed by atoms with Crippen LogP contribution >= 0.6 is 0 Å². The van der Waals surface area contributed by atoms with E-state index in [1.165, 1.54) is 0 Å². The van der Waals surface area contributed by atoms with Crippen molar-refractivity contribution < 1.29 is 41.3 Å². The van der Waals surface area contributed by atoms with Gasteiger partial charge in [0.25, 0.3) is 0 Å². The molecule has 2 bridgehead atoms. The summed E-state index contributed by atoms with van der Waals surface area (Å²) < 4.78 is 74.2. The van der Waals surface area contributed by atoms with Crippen LogP contribution in [0.4, 0.5) is 22.0 Å². The highest BCUT2D eigenvalue weighted by molar-refractivity contribution is 5.73. The monoisotopic (exact) mass is 372 g/mol. The van der Waals surface area contributed by atoms with E-state index in [0.29, 0.717) is 24.2 Å². The molecule has 1 aliphatic heterocycles. The van der Waals surface area contributed by atoms with E-state index in [4.69, 9.17) is 4.74 Å². The Balaban J connectivity index is 1.58. The van der Waals surface area contributed by atoms with Crippen molar-refractivity contribution in [1.82, 2.24) is 0 Å². The SMILES string of the molecule is CC1C2CC(C(=O)OCC3CC(F)(F)C(O)(C(F)(F)F)O3)C(C2)C1C. The Bertz CT molecular complexity index is 549. The maximum Gasteiger partial charge on any atom is 0.449 e. The summed E-state index contributed by atoms with van der Waals surface area (Å²) in [4.78, 5) is 12.2. The van der Waals surface area contributed by atoms with Crippen LogP contribution < -0.4 is 0 Å². The molecule has 2 saturated carbocycles. The van der Waals surface area contributed by atoms with Crippen LogP contribution in [0.3, 0.4) is 0 Å². The standard InChI is InChI=1S/C16H21F5O4/c1-7-8(2)11-3-9(7)4-12(11)13(22)24-6-10-5-14(17,18)15(23,25-10)16(19,20)21/h7-12,23H,3-6H2,1-2H3. The van der Waals surface area contributed by atoms with E-state index in [9.17, 15) is 31.9 Å². The van der Waals surface area contributed by atoms with Crippen molar-refractivity contribution in [2.45, 2.75) is 57.1 Å². The largest absolute Gasteiger partial charge is 0.463 e. The molecule has 0 aromatic rings. The quantitative estimate of drug-likeness (QED) is 0.611. The van der Waals surface area contributed by atoms with Crippen LogP contribution in [0.5, 0.6) is 0 Å². The van der Waals surface area contributed by atoms with Crippen molar-refractivity contribution >= 4 is 5.97 Å². The number of ether oxygens (including phenoxy) is 2. The minimum atomic E-state index is -5.65. The van der Waals surface area contributed by atoms with E-state index in [0.717, 1.165) is 6.42 Å². The highest BCUT2D eigenvalue weighted by atomic mass is 19.4. The molecule has 0 spiro atoms. The van der Waals surface area contributed by atoms with Gasteiger partial charge in [-0.3, -0.25) is 4.79 Å². The summed E-state index contributed by atoms with van der Waals surface area (Å²) in [6, 6.07) is 0. The molecule has 9 heteroatoms. The van der Waals surface area contributed by atoms with Crippen molar-refractivity contribution in [3.8, 4) is 0 Å². The van der Waals surface area contributed by atoms with Gasteiger partial charge in [-0.25, -0.2) is 8.78 Å². The van der Waals surface area contributed by atoms with Gasteiger partial charge in [0.15, 0.2) is 0 Å². The highest BCUT2D eigenvalue weighted by Crippen LogP contribution is 2.55. The Labute approximate surface area is 141 Å². The Morgan fingerprint density at radius 2 is 1.88 bits per heavy atom. The summed E-state index contributed by atoms with van der Waals surface area (Å²) in [6.45, 7) is 3.45. The molecule has 0 radical (unpaired) electrons. The lowest BCUT2D eigenvalue weighted by Crippen LogP contribution is -2.56. The van der Waals surface area contributed by atoms with Crippen LogP contribution in [0.1, 0.15) is 33.1 Å². The van der Waals surface area contributed by atoms with Gasteiger partial charge in [-0.1, -0.05) is 13.8 Å². The minimum Gasteiger partial charge on any atom is -0.463 e. The van der Waals surface area contributed by atoms with Crippen molar-refractivity contribution in [2.75, 3.05) is 6.61 Å². The number of halogens is 5. The molecule has 2 aliphatic carbocycles. The number of alkyl halides is 5. The molecule has 3 fully saturated rings. The zero-order valence-corrected chi connectivity index (χ0v) is 13.9. The van der Waals surface area contributed by atoms with Gasteiger partial charge in [0.2, 0.25) is 0 Å².